The van der Waals surface area contributed by atoms with Gasteiger partial charge in [-0.3, -0.25) is 0 Å². The van der Waals surface area contributed by atoms with E-state index in [2.05, 4.69) is 60.0 Å². The number of unbranched alkanes of at least 4 members (excludes halogenated alkanes) is 1. The first-order chi connectivity index (χ1) is 8.64. The van der Waals surface area contributed by atoms with Crippen LogP contribution < -0.4 is 5.32 Å². The minimum Gasteiger partial charge on any atom is -0.324 e. The van der Waals surface area contributed by atoms with Crippen molar-refractivity contribution in [1.82, 2.24) is 5.32 Å². The Morgan fingerprint density at radius 2 is 1.78 bits per heavy atom. The van der Waals surface area contributed by atoms with E-state index >= 15 is 0 Å². The normalized spacial score (nSPS) is 11.7. The molecule has 1 N–H and O–H groups in total. The van der Waals surface area contributed by atoms with E-state index in [0.717, 1.165) is 30.2 Å². The van der Waals surface area contributed by atoms with Crippen LogP contribution in [0.25, 0.3) is 0 Å². The van der Waals surface area contributed by atoms with Gasteiger partial charge in [-0.1, -0.05) is 42.8 Å². The minimum atomic E-state index is 1.04. The number of hydrogen-bond donors (Lipinski definition) is 1. The third kappa shape index (κ3) is 6.94. The Balaban J connectivity index is 2.19. The van der Waals surface area contributed by atoms with Gasteiger partial charge in [0.2, 0.25) is 0 Å². The summed E-state index contributed by atoms with van der Waals surface area (Å²) in [5, 5.41) is 3.52. The van der Waals surface area contributed by atoms with Crippen molar-refractivity contribution in [1.29, 1.82) is 0 Å². The van der Waals surface area contributed by atoms with Crippen LogP contribution in [-0.2, 0) is 6.54 Å². The van der Waals surface area contributed by atoms with Crippen molar-refractivity contribution in [3.63, 3.8) is 0 Å². The Kier molecular flexibility index (Phi) is 7.24. The fourth-order valence-electron chi connectivity index (χ4n) is 2.04. The first-order valence-electron chi connectivity index (χ1n) is 6.85. The molecule has 0 heterocycles. The molecule has 0 spiro atoms. The summed E-state index contributed by atoms with van der Waals surface area (Å²) >= 11 is 0. The minimum absolute atomic E-state index is 1.04. The van der Waals surface area contributed by atoms with Crippen LogP contribution in [-0.4, -0.2) is 48.5 Å². The summed E-state index contributed by atoms with van der Waals surface area (Å²) < 4.78 is 1.04. The Bertz CT molecular complexity index is 312. The maximum atomic E-state index is 3.52. The van der Waals surface area contributed by atoms with E-state index in [1.165, 1.54) is 24.9 Å². The molecule has 99 valence electrons. The molecule has 1 aromatic carbocycles. The van der Waals surface area contributed by atoms with Gasteiger partial charge >= 0.3 is 0 Å². The Labute approximate surface area is 115 Å². The van der Waals surface area contributed by atoms with Gasteiger partial charge in [-0.2, -0.15) is 0 Å². The molecule has 0 bridgehead atoms. The molecule has 0 fully saturated rings. The van der Waals surface area contributed by atoms with Gasteiger partial charge < -0.3 is 9.80 Å². The summed E-state index contributed by atoms with van der Waals surface area (Å²) in [6, 6.07) is 11.8. The number of rotatable bonds is 9. The van der Waals surface area contributed by atoms with Crippen LogP contribution in [0, 0.1) is 0 Å². The van der Waals surface area contributed by atoms with Gasteiger partial charge in [0.05, 0.1) is 20.6 Å². The van der Waals surface area contributed by atoms with Crippen molar-refractivity contribution in [3.8, 4) is 0 Å². The van der Waals surface area contributed by atoms with Crippen LogP contribution in [0.15, 0.2) is 30.3 Å². The average molecular weight is 262 g/mol. The lowest BCUT2D eigenvalue weighted by atomic mass is 10.2. The topological polar surface area (TPSA) is 12.0 Å². The molecule has 0 amide bonds. The van der Waals surface area contributed by atoms with Gasteiger partial charge in [0, 0.05) is 22.4 Å². The fourth-order valence-corrected chi connectivity index (χ4v) is 2.29. The van der Waals surface area contributed by atoms with Crippen LogP contribution in [0.1, 0.15) is 18.4 Å². The van der Waals surface area contributed by atoms with Gasteiger partial charge in [-0.05, 0) is 13.0 Å². The second-order valence-corrected chi connectivity index (χ2v) is 6.01. The number of nitrogens with zero attached hydrogens (tertiary/aromatic N) is 1. The van der Waals surface area contributed by atoms with Crippen molar-refractivity contribution in [2.75, 3.05) is 33.7 Å². The lowest BCUT2D eigenvalue weighted by Crippen LogP contribution is -2.43. The summed E-state index contributed by atoms with van der Waals surface area (Å²) in [5.41, 5.74) is 1.42. The predicted octanol–water partition coefficient (Wildman–Crippen LogP) is 2.22. The summed E-state index contributed by atoms with van der Waals surface area (Å²) in [5.74, 6) is 0. The highest BCUT2D eigenvalue weighted by atomic mass is 28.1. The van der Waals surface area contributed by atoms with E-state index in [4.69, 9.17) is 0 Å². The van der Waals surface area contributed by atoms with Crippen LogP contribution >= 0.6 is 0 Å². The lowest BCUT2D eigenvalue weighted by Gasteiger charge is -2.30. The highest BCUT2D eigenvalue weighted by Gasteiger charge is 2.14. The van der Waals surface area contributed by atoms with Crippen molar-refractivity contribution in [2.24, 2.45) is 0 Å². The first kappa shape index (κ1) is 15.4. The highest BCUT2D eigenvalue weighted by molar-refractivity contribution is 6.08. The molecule has 1 rings (SSSR count). The van der Waals surface area contributed by atoms with Crippen molar-refractivity contribution in [2.45, 2.75) is 25.4 Å². The predicted molar refractivity (Wildman–Crippen MR) is 79.8 cm³/mol. The first-order valence-corrected chi connectivity index (χ1v) is 7.56. The molecule has 1 aromatic rings. The van der Waals surface area contributed by atoms with Gasteiger partial charge in [-0.15, -0.1) is 0 Å². The second-order valence-electron chi connectivity index (χ2n) is 5.51. The third-order valence-electron chi connectivity index (χ3n) is 3.13. The van der Waals surface area contributed by atoms with Gasteiger partial charge in [0.1, 0.15) is 6.54 Å². The van der Waals surface area contributed by atoms with Crippen LogP contribution in [0.5, 0.6) is 0 Å². The zero-order valence-electron chi connectivity index (χ0n) is 11.8. The number of likely N-dealkylation sites (N-methyl/N-ethyl adjacent to an activating group) is 1. The van der Waals surface area contributed by atoms with E-state index < -0.39 is 0 Å². The fraction of sp³-hybridized carbons (Fsp3) is 0.600. The zero-order chi connectivity index (χ0) is 13.3. The zero-order valence-corrected chi connectivity index (χ0v) is 12.8. The van der Waals surface area contributed by atoms with Crippen LogP contribution in [0.3, 0.4) is 0 Å². The molecule has 0 unspecified atom stereocenters. The van der Waals surface area contributed by atoms with E-state index in [1.807, 2.05) is 0 Å². The van der Waals surface area contributed by atoms with E-state index in [9.17, 15) is 0 Å². The summed E-state index contributed by atoms with van der Waals surface area (Å²) in [6.07, 6.45) is 2.52. The lowest BCUT2D eigenvalue weighted by molar-refractivity contribution is -0.902. The summed E-state index contributed by atoms with van der Waals surface area (Å²) in [7, 11) is 8.10. The van der Waals surface area contributed by atoms with E-state index in [-0.39, 0.29) is 0 Å². The van der Waals surface area contributed by atoms with Gasteiger partial charge in [0.25, 0.3) is 0 Å². The standard InChI is InChI=1S/C15H26N2Si/c1-17(2,12-11-16-10-6-7-13-18)14-15-8-4-3-5-9-15/h3-5,8-9,16H,6-7,10-14H2,1-2H3/q+1. The van der Waals surface area contributed by atoms with E-state index in [1.54, 1.807) is 0 Å². The van der Waals surface area contributed by atoms with Gasteiger partial charge in [-0.25, -0.2) is 0 Å². The average Bonchev–Trinajstić information content (AvgIpc) is 2.34. The second kappa shape index (κ2) is 8.46. The third-order valence-corrected chi connectivity index (χ3v) is 3.48. The molecular formula is C15H26N2Si+. The molecule has 18 heavy (non-hydrogen) atoms. The summed E-state index contributed by atoms with van der Waals surface area (Å²) in [6.45, 7) is 4.50. The molecule has 0 aliphatic carbocycles. The quantitative estimate of drug-likeness (QED) is 0.409. The monoisotopic (exact) mass is 262 g/mol. The van der Waals surface area contributed by atoms with Gasteiger partial charge in [0.15, 0.2) is 0 Å². The molecule has 3 radical (unpaired) electrons. The Hall–Kier alpha value is -0.643. The smallest absolute Gasteiger partial charge is 0.104 e. The van der Waals surface area contributed by atoms with Crippen molar-refractivity contribution < 1.29 is 4.48 Å². The molecule has 2 nitrogen and oxygen atoms in total. The number of hydrogen-bond acceptors (Lipinski definition) is 1. The molecule has 0 aliphatic rings. The molecule has 3 heteroatoms. The highest BCUT2D eigenvalue weighted by Crippen LogP contribution is 2.08. The molecule has 0 saturated heterocycles. The molecular weight excluding hydrogens is 236 g/mol. The molecule has 0 aromatic heterocycles. The Morgan fingerprint density at radius 3 is 2.44 bits per heavy atom. The molecule has 0 saturated carbocycles. The Morgan fingerprint density at radius 1 is 1.06 bits per heavy atom. The van der Waals surface area contributed by atoms with Crippen molar-refractivity contribution >= 4 is 10.2 Å². The largest absolute Gasteiger partial charge is 0.324 e. The maximum Gasteiger partial charge on any atom is 0.104 e. The number of nitrogens with one attached hydrogen (secondary N) is 1. The van der Waals surface area contributed by atoms with Crippen LogP contribution in [0.2, 0.25) is 6.04 Å². The number of quaternary nitrogens is 1. The molecule has 0 aliphatic heterocycles. The summed E-state index contributed by atoms with van der Waals surface area (Å²) in [4.78, 5) is 0. The SMILES string of the molecule is C[N+](C)(CCNCCCC[Si])Cc1ccccc1. The van der Waals surface area contributed by atoms with Crippen LogP contribution in [0.4, 0.5) is 0 Å². The van der Waals surface area contributed by atoms with Crippen molar-refractivity contribution in [3.05, 3.63) is 35.9 Å². The maximum absolute atomic E-state index is 3.52. The number of benzene rings is 1. The molecule has 0 atom stereocenters. The van der Waals surface area contributed by atoms with E-state index in [0.29, 0.717) is 0 Å².